The number of benzene rings is 1. The van der Waals surface area contributed by atoms with Crippen LogP contribution in [0.3, 0.4) is 0 Å². The third-order valence-corrected chi connectivity index (χ3v) is 6.04. The first-order chi connectivity index (χ1) is 17.3. The third kappa shape index (κ3) is 5.18. The zero-order chi connectivity index (χ0) is 25.8. The number of ether oxygens (including phenoxy) is 1. The maximum Gasteiger partial charge on any atom is 0.247 e. The van der Waals surface area contributed by atoms with E-state index in [1.54, 1.807) is 6.20 Å². The molecule has 0 aliphatic carbocycles. The van der Waals surface area contributed by atoms with Crippen LogP contribution >= 0.6 is 0 Å². The second-order valence-corrected chi connectivity index (χ2v) is 9.34. The Labute approximate surface area is 211 Å². The average Bonchev–Trinajstić information content (AvgIpc) is 3.48. The van der Waals surface area contributed by atoms with E-state index in [2.05, 4.69) is 40.8 Å². The number of aromatic amines is 1. The Balaban J connectivity index is 1.92. The number of H-pyrrole nitrogens is 1. The fraction of sp³-hybridized carbons (Fsp3) is 0.321. The summed E-state index contributed by atoms with van der Waals surface area (Å²) in [5, 5.41) is 17.5. The molecule has 0 bridgehead atoms. The molecule has 0 saturated carbocycles. The van der Waals surface area contributed by atoms with Gasteiger partial charge in [-0.15, -0.1) is 0 Å². The zero-order valence-corrected chi connectivity index (χ0v) is 21.3. The number of fused-ring (bicyclic) bond motifs is 1. The Bertz CT molecular complexity index is 1400. The number of aliphatic hydroxyl groups is 1. The highest BCUT2D eigenvalue weighted by molar-refractivity contribution is 6.06. The minimum atomic E-state index is -0.262. The number of aliphatic hydroxyl groups excluding tert-OH is 1. The van der Waals surface area contributed by atoms with Crippen molar-refractivity contribution in [1.82, 2.24) is 19.7 Å². The Kier molecular flexibility index (Phi) is 7.55. The van der Waals surface area contributed by atoms with Crippen molar-refractivity contribution in [3.63, 3.8) is 0 Å². The molecule has 3 aromatic heterocycles. The predicted octanol–water partition coefficient (Wildman–Crippen LogP) is 5.25. The average molecular weight is 488 g/mol. The first kappa shape index (κ1) is 25.2. The molecular formula is C28H33N5O3. The monoisotopic (exact) mass is 487 g/mol. The summed E-state index contributed by atoms with van der Waals surface area (Å²) in [6.07, 6.45) is 7.42. The van der Waals surface area contributed by atoms with E-state index < -0.39 is 0 Å². The number of rotatable bonds is 10. The van der Waals surface area contributed by atoms with Crippen LogP contribution < -0.4 is 10.1 Å². The van der Waals surface area contributed by atoms with Crippen LogP contribution in [0.1, 0.15) is 31.4 Å². The van der Waals surface area contributed by atoms with Crippen molar-refractivity contribution in [2.24, 2.45) is 5.92 Å². The lowest BCUT2D eigenvalue weighted by atomic mass is 9.96. The SMILES string of the molecule is C=CC(=O)Nc1cc(-c2c(-c3cnn(CCCO)c3)[nH]c3ncc(OCC(C)C)c(C)c23)ccc1C. The Morgan fingerprint density at radius 2 is 2.08 bits per heavy atom. The number of anilines is 1. The first-order valence-electron chi connectivity index (χ1n) is 12.1. The summed E-state index contributed by atoms with van der Waals surface area (Å²) in [6, 6.07) is 6.01. The van der Waals surface area contributed by atoms with Gasteiger partial charge < -0.3 is 20.1 Å². The van der Waals surface area contributed by atoms with Gasteiger partial charge in [-0.05, 0) is 49.5 Å². The van der Waals surface area contributed by atoms with Crippen LogP contribution in [0.2, 0.25) is 0 Å². The van der Waals surface area contributed by atoms with Gasteiger partial charge in [0.05, 0.1) is 24.7 Å². The van der Waals surface area contributed by atoms with E-state index in [0.717, 1.165) is 50.3 Å². The highest BCUT2D eigenvalue weighted by Crippen LogP contribution is 2.42. The van der Waals surface area contributed by atoms with Crippen LogP contribution in [0.5, 0.6) is 5.75 Å². The number of amides is 1. The Morgan fingerprint density at radius 1 is 1.28 bits per heavy atom. The van der Waals surface area contributed by atoms with Gasteiger partial charge in [0.1, 0.15) is 11.4 Å². The standard InChI is InChI=1S/C28H33N5O3/c1-6-24(35)31-22-12-20(9-8-18(22)4)26-25-19(5)23(36-16-17(2)3)14-29-28(25)32-27(26)21-13-30-33(15-21)10-7-11-34/h6,8-9,12-15,17,34H,1,7,10-11,16H2,2-5H3,(H,29,32)(H,31,35). The van der Waals surface area contributed by atoms with Gasteiger partial charge in [-0.1, -0.05) is 32.6 Å². The van der Waals surface area contributed by atoms with Crippen molar-refractivity contribution in [3.8, 4) is 28.1 Å². The molecule has 1 aromatic carbocycles. The van der Waals surface area contributed by atoms with E-state index in [1.807, 2.05) is 49.1 Å². The molecule has 1 amide bonds. The van der Waals surface area contributed by atoms with Gasteiger partial charge in [0, 0.05) is 47.1 Å². The van der Waals surface area contributed by atoms with Crippen LogP contribution in [0, 0.1) is 19.8 Å². The van der Waals surface area contributed by atoms with Crippen molar-refractivity contribution in [1.29, 1.82) is 0 Å². The Hall–Kier alpha value is -3.91. The molecule has 0 saturated heterocycles. The molecule has 3 N–H and O–H groups in total. The summed E-state index contributed by atoms with van der Waals surface area (Å²) in [5.74, 6) is 0.870. The highest BCUT2D eigenvalue weighted by atomic mass is 16.5. The topological polar surface area (TPSA) is 105 Å². The van der Waals surface area contributed by atoms with Gasteiger partial charge in [0.2, 0.25) is 5.91 Å². The van der Waals surface area contributed by atoms with E-state index in [9.17, 15) is 9.90 Å². The maximum atomic E-state index is 12.1. The van der Waals surface area contributed by atoms with Crippen molar-refractivity contribution < 1.29 is 14.6 Å². The number of aromatic nitrogens is 4. The van der Waals surface area contributed by atoms with E-state index in [4.69, 9.17) is 4.74 Å². The quantitative estimate of drug-likeness (QED) is 0.265. The number of nitrogens with one attached hydrogen (secondary N) is 2. The van der Waals surface area contributed by atoms with Crippen LogP contribution in [0.4, 0.5) is 5.69 Å². The summed E-state index contributed by atoms with van der Waals surface area (Å²) >= 11 is 0. The van der Waals surface area contributed by atoms with Crippen molar-refractivity contribution in [2.45, 2.75) is 40.7 Å². The lowest BCUT2D eigenvalue weighted by Crippen LogP contribution is -2.08. The number of nitrogens with zero attached hydrogens (tertiary/aromatic N) is 3. The minimum absolute atomic E-state index is 0.109. The normalized spacial score (nSPS) is 11.3. The highest BCUT2D eigenvalue weighted by Gasteiger charge is 2.21. The van der Waals surface area contributed by atoms with Gasteiger partial charge in [-0.3, -0.25) is 9.48 Å². The van der Waals surface area contributed by atoms with E-state index >= 15 is 0 Å². The molecule has 3 heterocycles. The van der Waals surface area contributed by atoms with Crippen molar-refractivity contribution in [3.05, 3.63) is 60.6 Å². The lowest BCUT2D eigenvalue weighted by molar-refractivity contribution is -0.111. The molecule has 36 heavy (non-hydrogen) atoms. The molecule has 0 fully saturated rings. The summed E-state index contributed by atoms with van der Waals surface area (Å²) < 4.78 is 7.91. The van der Waals surface area contributed by atoms with Crippen LogP contribution in [-0.2, 0) is 11.3 Å². The third-order valence-electron chi connectivity index (χ3n) is 6.04. The smallest absolute Gasteiger partial charge is 0.247 e. The molecule has 8 nitrogen and oxygen atoms in total. The van der Waals surface area contributed by atoms with Gasteiger partial charge >= 0.3 is 0 Å². The number of hydrogen-bond donors (Lipinski definition) is 3. The van der Waals surface area contributed by atoms with Crippen molar-refractivity contribution in [2.75, 3.05) is 18.5 Å². The Morgan fingerprint density at radius 3 is 2.81 bits per heavy atom. The number of carbonyl (C=O) groups is 1. The summed E-state index contributed by atoms with van der Waals surface area (Å²) in [5.41, 5.74) is 7.06. The molecule has 4 rings (SSSR count). The molecule has 0 atom stereocenters. The largest absolute Gasteiger partial charge is 0.491 e. The molecule has 0 radical (unpaired) electrons. The van der Waals surface area contributed by atoms with E-state index in [1.165, 1.54) is 6.08 Å². The molecule has 0 unspecified atom stereocenters. The molecule has 0 aliphatic heterocycles. The van der Waals surface area contributed by atoms with Gasteiger partial charge in [-0.2, -0.15) is 5.10 Å². The lowest BCUT2D eigenvalue weighted by Gasteiger charge is -2.13. The summed E-state index contributed by atoms with van der Waals surface area (Å²) in [4.78, 5) is 20.2. The number of pyridine rings is 1. The molecular weight excluding hydrogens is 454 g/mol. The molecule has 4 aromatic rings. The zero-order valence-electron chi connectivity index (χ0n) is 21.3. The maximum absolute atomic E-state index is 12.1. The van der Waals surface area contributed by atoms with Gasteiger partial charge in [-0.25, -0.2) is 4.98 Å². The van der Waals surface area contributed by atoms with Crippen LogP contribution in [-0.4, -0.2) is 44.0 Å². The number of carbonyl (C=O) groups excluding carboxylic acids is 1. The number of hydrogen-bond acceptors (Lipinski definition) is 5. The molecule has 188 valence electrons. The molecule has 0 aliphatic rings. The second kappa shape index (κ2) is 10.8. The van der Waals surface area contributed by atoms with E-state index in [-0.39, 0.29) is 12.5 Å². The van der Waals surface area contributed by atoms with Crippen LogP contribution in [0.25, 0.3) is 33.4 Å². The molecule has 0 spiro atoms. The van der Waals surface area contributed by atoms with Crippen molar-refractivity contribution >= 4 is 22.6 Å². The fourth-order valence-electron chi connectivity index (χ4n) is 4.14. The minimum Gasteiger partial charge on any atom is -0.491 e. The summed E-state index contributed by atoms with van der Waals surface area (Å²) in [7, 11) is 0. The summed E-state index contributed by atoms with van der Waals surface area (Å²) in [6.45, 7) is 13.1. The van der Waals surface area contributed by atoms with Gasteiger partial charge in [0.15, 0.2) is 0 Å². The van der Waals surface area contributed by atoms with Gasteiger partial charge in [0.25, 0.3) is 0 Å². The first-order valence-corrected chi connectivity index (χ1v) is 12.1. The predicted molar refractivity (Wildman–Crippen MR) is 143 cm³/mol. The number of aryl methyl sites for hydroxylation is 3. The van der Waals surface area contributed by atoms with E-state index in [0.29, 0.717) is 31.2 Å². The van der Waals surface area contributed by atoms with Crippen LogP contribution in [0.15, 0.2) is 49.4 Å². The fourth-order valence-corrected chi connectivity index (χ4v) is 4.14. The molecule has 8 heteroatoms. The second-order valence-electron chi connectivity index (χ2n) is 9.34.